The number of rotatable bonds is 3. The van der Waals surface area contributed by atoms with Crippen molar-refractivity contribution in [3.05, 3.63) is 54.5 Å². The second kappa shape index (κ2) is 6.40. The lowest BCUT2D eigenvalue weighted by atomic mass is 10.1. The SMILES string of the molecule is Cn1cnc(-c2cc(C#N)ccn2)c1-c1ccc(N2CCCC2)cc1. The maximum atomic E-state index is 9.13. The lowest BCUT2D eigenvalue weighted by molar-refractivity contribution is 0.921. The van der Waals surface area contributed by atoms with Gasteiger partial charge in [0.25, 0.3) is 0 Å². The lowest BCUT2D eigenvalue weighted by Gasteiger charge is -2.18. The van der Waals surface area contributed by atoms with Crippen molar-refractivity contribution in [3.8, 4) is 28.7 Å². The van der Waals surface area contributed by atoms with Crippen molar-refractivity contribution in [3.63, 3.8) is 0 Å². The number of nitriles is 1. The van der Waals surface area contributed by atoms with Gasteiger partial charge in [-0.3, -0.25) is 4.98 Å². The second-order valence-electron chi connectivity index (χ2n) is 6.34. The molecule has 2 aromatic heterocycles. The molecule has 1 aliphatic rings. The number of nitrogens with zero attached hydrogens (tertiary/aromatic N) is 5. The molecule has 0 saturated carbocycles. The van der Waals surface area contributed by atoms with Gasteiger partial charge < -0.3 is 9.47 Å². The molecule has 3 heterocycles. The predicted octanol–water partition coefficient (Wildman–Crippen LogP) is 3.62. The largest absolute Gasteiger partial charge is 0.372 e. The van der Waals surface area contributed by atoms with Crippen LogP contribution in [0.3, 0.4) is 0 Å². The highest BCUT2D eigenvalue weighted by molar-refractivity contribution is 5.78. The highest BCUT2D eigenvalue weighted by atomic mass is 15.1. The maximum absolute atomic E-state index is 9.13. The Labute approximate surface area is 147 Å². The molecule has 0 spiro atoms. The van der Waals surface area contributed by atoms with E-state index in [1.165, 1.54) is 18.5 Å². The Bertz CT molecular complexity index is 927. The Balaban J connectivity index is 1.73. The van der Waals surface area contributed by atoms with Gasteiger partial charge in [0, 0.05) is 37.6 Å². The molecule has 1 saturated heterocycles. The van der Waals surface area contributed by atoms with Crippen molar-refractivity contribution >= 4 is 5.69 Å². The van der Waals surface area contributed by atoms with Gasteiger partial charge in [-0.1, -0.05) is 12.1 Å². The fourth-order valence-electron chi connectivity index (χ4n) is 3.39. The predicted molar refractivity (Wildman–Crippen MR) is 98.0 cm³/mol. The molecule has 0 N–H and O–H groups in total. The molecular formula is C20H19N5. The molecule has 5 nitrogen and oxygen atoms in total. The van der Waals surface area contributed by atoms with Crippen molar-refractivity contribution in [1.82, 2.24) is 14.5 Å². The van der Waals surface area contributed by atoms with Gasteiger partial charge in [-0.25, -0.2) is 4.98 Å². The van der Waals surface area contributed by atoms with Crippen LogP contribution in [0.1, 0.15) is 18.4 Å². The Morgan fingerprint density at radius 3 is 2.52 bits per heavy atom. The third-order valence-electron chi connectivity index (χ3n) is 4.68. The molecule has 25 heavy (non-hydrogen) atoms. The standard InChI is InChI=1S/C20H19N5/c1-24-14-23-19(18-12-15(13-21)8-9-22-18)20(24)16-4-6-17(7-5-16)25-10-2-3-11-25/h4-9,12,14H,2-3,10-11H2,1H3. The Hall–Kier alpha value is -3.13. The molecule has 1 aromatic carbocycles. The van der Waals surface area contributed by atoms with Crippen LogP contribution < -0.4 is 4.90 Å². The van der Waals surface area contributed by atoms with Crippen LogP contribution >= 0.6 is 0 Å². The van der Waals surface area contributed by atoms with E-state index in [1.807, 2.05) is 11.6 Å². The molecule has 0 atom stereocenters. The van der Waals surface area contributed by atoms with Crippen LogP contribution in [0.2, 0.25) is 0 Å². The highest BCUT2D eigenvalue weighted by Crippen LogP contribution is 2.31. The fourth-order valence-corrected chi connectivity index (χ4v) is 3.39. The smallest absolute Gasteiger partial charge is 0.115 e. The van der Waals surface area contributed by atoms with Gasteiger partial charge >= 0.3 is 0 Å². The summed E-state index contributed by atoms with van der Waals surface area (Å²) in [5.41, 5.74) is 5.49. The molecule has 1 aliphatic heterocycles. The van der Waals surface area contributed by atoms with Crippen LogP contribution in [0.15, 0.2) is 48.9 Å². The summed E-state index contributed by atoms with van der Waals surface area (Å²) < 4.78 is 2.00. The summed E-state index contributed by atoms with van der Waals surface area (Å²) in [7, 11) is 1.98. The molecule has 0 aliphatic carbocycles. The molecule has 0 amide bonds. The number of anilines is 1. The summed E-state index contributed by atoms with van der Waals surface area (Å²) in [4.78, 5) is 11.3. The Kier molecular flexibility index (Phi) is 3.95. The van der Waals surface area contributed by atoms with E-state index >= 15 is 0 Å². The van der Waals surface area contributed by atoms with Gasteiger partial charge in [-0.05, 0) is 37.1 Å². The third kappa shape index (κ3) is 2.87. The summed E-state index contributed by atoms with van der Waals surface area (Å²) >= 11 is 0. The topological polar surface area (TPSA) is 57.7 Å². The first-order valence-corrected chi connectivity index (χ1v) is 8.49. The summed E-state index contributed by atoms with van der Waals surface area (Å²) in [6, 6.07) is 14.3. The minimum absolute atomic E-state index is 0.589. The average Bonchev–Trinajstić information content (AvgIpc) is 3.32. The van der Waals surface area contributed by atoms with Crippen LogP contribution in [0, 0.1) is 11.3 Å². The Morgan fingerprint density at radius 1 is 1.04 bits per heavy atom. The van der Waals surface area contributed by atoms with E-state index in [1.54, 1.807) is 24.7 Å². The number of aromatic nitrogens is 3. The number of hydrogen-bond donors (Lipinski definition) is 0. The molecule has 5 heteroatoms. The number of benzene rings is 1. The van der Waals surface area contributed by atoms with Gasteiger partial charge in [0.1, 0.15) is 5.69 Å². The molecule has 0 radical (unpaired) electrons. The van der Waals surface area contributed by atoms with Gasteiger partial charge in [0.2, 0.25) is 0 Å². The minimum Gasteiger partial charge on any atom is -0.372 e. The number of aryl methyl sites for hydroxylation is 1. The van der Waals surface area contributed by atoms with Gasteiger partial charge in [0.15, 0.2) is 0 Å². The highest BCUT2D eigenvalue weighted by Gasteiger charge is 2.16. The van der Waals surface area contributed by atoms with Gasteiger partial charge in [0.05, 0.1) is 29.3 Å². The second-order valence-corrected chi connectivity index (χ2v) is 6.34. The van der Waals surface area contributed by atoms with Crippen molar-refractivity contribution in [2.75, 3.05) is 18.0 Å². The summed E-state index contributed by atoms with van der Waals surface area (Å²) in [5, 5.41) is 9.13. The minimum atomic E-state index is 0.589. The monoisotopic (exact) mass is 329 g/mol. The summed E-state index contributed by atoms with van der Waals surface area (Å²) in [6.07, 6.45) is 5.99. The first-order valence-electron chi connectivity index (χ1n) is 8.49. The van der Waals surface area contributed by atoms with E-state index < -0.39 is 0 Å². The molecule has 0 unspecified atom stereocenters. The third-order valence-corrected chi connectivity index (χ3v) is 4.68. The molecule has 124 valence electrons. The normalized spacial score (nSPS) is 13.8. The van der Waals surface area contributed by atoms with Gasteiger partial charge in [-0.15, -0.1) is 0 Å². The number of pyridine rings is 1. The van der Waals surface area contributed by atoms with E-state index in [9.17, 15) is 0 Å². The van der Waals surface area contributed by atoms with E-state index in [0.29, 0.717) is 5.56 Å². The molecule has 4 rings (SSSR count). The zero-order valence-corrected chi connectivity index (χ0v) is 14.2. The average molecular weight is 329 g/mol. The fraction of sp³-hybridized carbons (Fsp3) is 0.250. The van der Waals surface area contributed by atoms with E-state index in [0.717, 1.165) is 35.7 Å². The summed E-state index contributed by atoms with van der Waals surface area (Å²) in [5.74, 6) is 0. The number of hydrogen-bond acceptors (Lipinski definition) is 4. The first-order chi connectivity index (χ1) is 12.3. The quantitative estimate of drug-likeness (QED) is 0.736. The Morgan fingerprint density at radius 2 is 1.80 bits per heavy atom. The van der Waals surface area contributed by atoms with Gasteiger partial charge in [-0.2, -0.15) is 5.26 Å². The van der Waals surface area contributed by atoms with Crippen molar-refractivity contribution in [2.24, 2.45) is 7.05 Å². The van der Waals surface area contributed by atoms with E-state index in [-0.39, 0.29) is 0 Å². The van der Waals surface area contributed by atoms with Crippen molar-refractivity contribution in [1.29, 1.82) is 5.26 Å². The molecular weight excluding hydrogens is 310 g/mol. The molecule has 0 bridgehead atoms. The molecule has 1 fully saturated rings. The first kappa shape index (κ1) is 15.4. The van der Waals surface area contributed by atoms with E-state index in [2.05, 4.69) is 45.2 Å². The van der Waals surface area contributed by atoms with Crippen LogP contribution in [0.4, 0.5) is 5.69 Å². The van der Waals surface area contributed by atoms with Crippen LogP contribution in [-0.4, -0.2) is 27.6 Å². The lowest BCUT2D eigenvalue weighted by Crippen LogP contribution is -2.17. The van der Waals surface area contributed by atoms with Crippen molar-refractivity contribution in [2.45, 2.75) is 12.8 Å². The zero-order chi connectivity index (χ0) is 17.2. The number of imidazole rings is 1. The van der Waals surface area contributed by atoms with Crippen LogP contribution in [-0.2, 0) is 7.05 Å². The maximum Gasteiger partial charge on any atom is 0.115 e. The molecule has 3 aromatic rings. The van der Waals surface area contributed by atoms with E-state index in [4.69, 9.17) is 5.26 Å². The zero-order valence-electron chi connectivity index (χ0n) is 14.2. The summed E-state index contributed by atoms with van der Waals surface area (Å²) in [6.45, 7) is 2.28. The van der Waals surface area contributed by atoms with Crippen molar-refractivity contribution < 1.29 is 0 Å². The van der Waals surface area contributed by atoms with Crippen LogP contribution in [0.25, 0.3) is 22.6 Å². The van der Waals surface area contributed by atoms with Crippen LogP contribution in [0.5, 0.6) is 0 Å².